The fourth-order valence-electron chi connectivity index (χ4n) is 4.02. The fourth-order valence-corrected chi connectivity index (χ4v) is 6.48. The standard InChI is InChI=1S/C21H27N5O5S2/c1-4-26-19-9-7-16(32(28,29)23(2)3)13-18(19)22-20(26)15-24-14-17(8-10-21(24)27)33(30,31)25-11-5-6-12-25/h7-10,13-14H,4-6,11-12,15H2,1-3H3. The van der Waals surface area contributed by atoms with Gasteiger partial charge in [-0.15, -0.1) is 0 Å². The maximum Gasteiger partial charge on any atom is 0.251 e. The van der Waals surface area contributed by atoms with E-state index in [1.165, 1.54) is 53.4 Å². The fraction of sp³-hybridized carbons (Fsp3) is 0.429. The van der Waals surface area contributed by atoms with Gasteiger partial charge in [0.05, 0.1) is 27.4 Å². The SMILES string of the molecule is CCn1c(Cn2cc(S(=O)(=O)N3CCCC3)ccc2=O)nc2cc(S(=O)(=O)N(C)C)ccc21. The summed E-state index contributed by atoms with van der Waals surface area (Å²) in [6.07, 6.45) is 3.01. The Hall–Kier alpha value is -2.54. The molecule has 0 aliphatic carbocycles. The average molecular weight is 494 g/mol. The van der Waals surface area contributed by atoms with E-state index in [2.05, 4.69) is 4.98 Å². The van der Waals surface area contributed by atoms with Gasteiger partial charge in [0.1, 0.15) is 5.82 Å². The Morgan fingerprint density at radius 3 is 2.30 bits per heavy atom. The normalized spacial score (nSPS) is 15.6. The molecule has 1 aliphatic heterocycles. The first-order valence-corrected chi connectivity index (χ1v) is 13.6. The number of sulfonamides is 2. The topological polar surface area (TPSA) is 115 Å². The van der Waals surface area contributed by atoms with Crippen LogP contribution in [-0.2, 0) is 33.1 Å². The van der Waals surface area contributed by atoms with Crippen LogP contribution in [0.4, 0.5) is 0 Å². The predicted molar refractivity (Wildman–Crippen MR) is 124 cm³/mol. The molecule has 178 valence electrons. The van der Waals surface area contributed by atoms with Crippen molar-refractivity contribution in [2.75, 3.05) is 27.2 Å². The van der Waals surface area contributed by atoms with Crippen molar-refractivity contribution in [1.29, 1.82) is 0 Å². The lowest BCUT2D eigenvalue weighted by Gasteiger charge is -2.16. The van der Waals surface area contributed by atoms with Crippen molar-refractivity contribution in [2.45, 2.75) is 42.6 Å². The molecule has 0 radical (unpaired) electrons. The Balaban J connectivity index is 1.75. The highest BCUT2D eigenvalue weighted by atomic mass is 32.2. The zero-order valence-corrected chi connectivity index (χ0v) is 20.4. The maximum absolute atomic E-state index is 12.9. The summed E-state index contributed by atoms with van der Waals surface area (Å²) in [6, 6.07) is 7.34. The number of hydrogen-bond donors (Lipinski definition) is 0. The highest BCUT2D eigenvalue weighted by molar-refractivity contribution is 7.89. The van der Waals surface area contributed by atoms with Crippen molar-refractivity contribution in [3.05, 3.63) is 52.7 Å². The minimum absolute atomic E-state index is 0.0560. The molecule has 0 atom stereocenters. The van der Waals surface area contributed by atoms with Crippen LogP contribution in [-0.4, -0.2) is 66.7 Å². The first kappa shape index (κ1) is 23.6. The number of aryl methyl sites for hydroxylation is 1. The van der Waals surface area contributed by atoms with Gasteiger partial charge >= 0.3 is 0 Å². The number of imidazole rings is 1. The third-order valence-corrected chi connectivity index (χ3v) is 9.56. The first-order valence-electron chi connectivity index (χ1n) is 10.7. The Morgan fingerprint density at radius 2 is 1.67 bits per heavy atom. The van der Waals surface area contributed by atoms with Crippen LogP contribution in [0.5, 0.6) is 0 Å². The van der Waals surface area contributed by atoms with E-state index in [1.54, 1.807) is 6.07 Å². The van der Waals surface area contributed by atoms with E-state index in [1.807, 2.05) is 11.5 Å². The monoisotopic (exact) mass is 493 g/mol. The summed E-state index contributed by atoms with van der Waals surface area (Å²) in [7, 11) is -4.36. The van der Waals surface area contributed by atoms with Gasteiger partial charge in [0.25, 0.3) is 5.56 Å². The van der Waals surface area contributed by atoms with Crippen LogP contribution in [0.15, 0.2) is 51.1 Å². The molecule has 3 aromatic rings. The zero-order valence-electron chi connectivity index (χ0n) is 18.8. The summed E-state index contributed by atoms with van der Waals surface area (Å²) in [4.78, 5) is 17.3. The average Bonchev–Trinajstić information content (AvgIpc) is 3.42. The summed E-state index contributed by atoms with van der Waals surface area (Å²) < 4.78 is 56.6. The van der Waals surface area contributed by atoms with Crippen molar-refractivity contribution in [3.8, 4) is 0 Å². The number of hydrogen-bond acceptors (Lipinski definition) is 6. The molecule has 3 heterocycles. The zero-order chi connectivity index (χ0) is 24.0. The Kier molecular flexibility index (Phi) is 6.20. The largest absolute Gasteiger partial charge is 0.327 e. The van der Waals surface area contributed by atoms with Crippen LogP contribution < -0.4 is 5.56 Å². The number of benzene rings is 1. The molecule has 4 rings (SSSR count). The van der Waals surface area contributed by atoms with Crippen LogP contribution >= 0.6 is 0 Å². The quantitative estimate of drug-likeness (QED) is 0.490. The number of fused-ring (bicyclic) bond motifs is 1. The van der Waals surface area contributed by atoms with Crippen LogP contribution in [0, 0.1) is 0 Å². The molecule has 10 nitrogen and oxygen atoms in total. The number of nitrogens with zero attached hydrogens (tertiary/aromatic N) is 5. The Bertz CT molecular complexity index is 1470. The maximum atomic E-state index is 12.9. The molecule has 1 aromatic carbocycles. The molecule has 1 saturated heterocycles. The lowest BCUT2D eigenvalue weighted by molar-refractivity contribution is 0.476. The molecule has 0 spiro atoms. The molecule has 0 amide bonds. The van der Waals surface area contributed by atoms with Gasteiger partial charge in [0, 0.05) is 46.0 Å². The molecule has 0 saturated carbocycles. The smallest absolute Gasteiger partial charge is 0.251 e. The minimum atomic E-state index is -3.67. The third kappa shape index (κ3) is 4.23. The first-order chi connectivity index (χ1) is 15.6. The van der Waals surface area contributed by atoms with Crippen molar-refractivity contribution < 1.29 is 16.8 Å². The van der Waals surface area contributed by atoms with Gasteiger partial charge in [0.2, 0.25) is 20.0 Å². The van der Waals surface area contributed by atoms with Crippen molar-refractivity contribution in [1.82, 2.24) is 22.7 Å². The molecule has 1 fully saturated rings. The van der Waals surface area contributed by atoms with Crippen LogP contribution in [0.1, 0.15) is 25.6 Å². The second-order valence-electron chi connectivity index (χ2n) is 8.15. The molecular formula is C21H27N5O5S2. The summed E-state index contributed by atoms with van der Waals surface area (Å²) in [6.45, 7) is 3.48. The van der Waals surface area contributed by atoms with Crippen molar-refractivity contribution in [2.24, 2.45) is 0 Å². The lowest BCUT2D eigenvalue weighted by atomic mass is 10.3. The molecule has 0 N–H and O–H groups in total. The Labute approximate surface area is 193 Å². The molecule has 0 bridgehead atoms. The second-order valence-corrected chi connectivity index (χ2v) is 12.2. The van der Waals surface area contributed by atoms with Gasteiger partial charge in [-0.2, -0.15) is 4.31 Å². The highest BCUT2D eigenvalue weighted by Gasteiger charge is 2.28. The summed E-state index contributed by atoms with van der Waals surface area (Å²) in [5.74, 6) is 0.532. The van der Waals surface area contributed by atoms with E-state index in [4.69, 9.17) is 0 Å². The molecule has 33 heavy (non-hydrogen) atoms. The van der Waals surface area contributed by atoms with E-state index < -0.39 is 20.0 Å². The minimum Gasteiger partial charge on any atom is -0.327 e. The lowest BCUT2D eigenvalue weighted by Crippen LogP contribution is -2.30. The van der Waals surface area contributed by atoms with E-state index in [9.17, 15) is 21.6 Å². The number of aromatic nitrogens is 3. The third-order valence-electron chi connectivity index (χ3n) is 5.86. The number of rotatable bonds is 7. The summed E-state index contributed by atoms with van der Waals surface area (Å²) >= 11 is 0. The van der Waals surface area contributed by atoms with E-state index in [0.717, 1.165) is 22.7 Å². The molecule has 0 unspecified atom stereocenters. The van der Waals surface area contributed by atoms with Gasteiger partial charge in [-0.3, -0.25) is 4.79 Å². The van der Waals surface area contributed by atoms with E-state index in [0.29, 0.717) is 31.0 Å². The van der Waals surface area contributed by atoms with Gasteiger partial charge in [-0.1, -0.05) is 0 Å². The van der Waals surface area contributed by atoms with E-state index in [-0.39, 0.29) is 21.9 Å². The Morgan fingerprint density at radius 1 is 1.00 bits per heavy atom. The predicted octanol–water partition coefficient (Wildman–Crippen LogP) is 1.30. The van der Waals surface area contributed by atoms with Gasteiger partial charge < -0.3 is 9.13 Å². The molecule has 12 heteroatoms. The summed E-state index contributed by atoms with van der Waals surface area (Å²) in [5.41, 5.74) is 0.878. The van der Waals surface area contributed by atoms with E-state index >= 15 is 0 Å². The van der Waals surface area contributed by atoms with Crippen LogP contribution in [0.25, 0.3) is 11.0 Å². The van der Waals surface area contributed by atoms with Crippen molar-refractivity contribution in [3.63, 3.8) is 0 Å². The van der Waals surface area contributed by atoms with Gasteiger partial charge in [0.15, 0.2) is 0 Å². The molecular weight excluding hydrogens is 466 g/mol. The van der Waals surface area contributed by atoms with Crippen LogP contribution in [0.2, 0.25) is 0 Å². The summed E-state index contributed by atoms with van der Waals surface area (Å²) in [5, 5.41) is 0. The van der Waals surface area contributed by atoms with Crippen molar-refractivity contribution >= 4 is 31.1 Å². The molecule has 2 aromatic heterocycles. The number of pyridine rings is 1. The second kappa shape index (κ2) is 8.67. The van der Waals surface area contributed by atoms with Gasteiger partial charge in [-0.25, -0.2) is 26.1 Å². The highest BCUT2D eigenvalue weighted by Crippen LogP contribution is 2.23. The van der Waals surface area contributed by atoms with Crippen LogP contribution in [0.3, 0.4) is 0 Å². The van der Waals surface area contributed by atoms with Gasteiger partial charge in [-0.05, 0) is 44.0 Å². The molecule has 1 aliphatic rings.